The highest BCUT2D eigenvalue weighted by Crippen LogP contribution is 2.50. The van der Waals surface area contributed by atoms with E-state index in [1.165, 1.54) is 33.1 Å². The summed E-state index contributed by atoms with van der Waals surface area (Å²) in [6.45, 7) is 0. The number of carbonyl (C=O) groups excluding carboxylic acids is 1. The van der Waals surface area contributed by atoms with E-state index in [0.717, 1.165) is 0 Å². The molecule has 13 nitrogen and oxygen atoms in total. The van der Waals surface area contributed by atoms with Crippen LogP contribution in [0.2, 0.25) is 0 Å². The van der Waals surface area contributed by atoms with Crippen molar-refractivity contribution in [1.82, 2.24) is 20.2 Å². The second-order valence-electron chi connectivity index (χ2n) is 9.21. The smallest absolute Gasteiger partial charge is 0.309 e. The Morgan fingerprint density at radius 2 is 1.38 bits per heavy atom. The van der Waals surface area contributed by atoms with Gasteiger partial charge in [0.25, 0.3) is 0 Å². The standard InChI is InChI=1S/C29H34N4O9/c1-33-29(30-31-32-33)20(9-8-17-10-16(34)11-25(35)42-17)26(27-21(38-4)12-18(36-2)13-22(27)39-5)28-23(40-6)14-19(37-3)15-24(28)41-7/h8-9,12-17,34H,10-11H2,1-7H3/t16-,17-/m1/s1. The maximum Gasteiger partial charge on any atom is 0.309 e. The Morgan fingerprint density at radius 3 is 1.76 bits per heavy atom. The first kappa shape index (κ1) is 30.2. The van der Waals surface area contributed by atoms with Gasteiger partial charge in [-0.05, 0) is 16.5 Å². The van der Waals surface area contributed by atoms with Crippen molar-refractivity contribution in [3.63, 3.8) is 0 Å². The summed E-state index contributed by atoms with van der Waals surface area (Å²) in [5.74, 6) is 2.48. The lowest BCUT2D eigenvalue weighted by Crippen LogP contribution is -2.31. The molecule has 1 aliphatic rings. The van der Waals surface area contributed by atoms with Crippen LogP contribution in [0.1, 0.15) is 29.8 Å². The fourth-order valence-electron chi connectivity index (χ4n) is 4.76. The number of aliphatic hydroxyl groups is 1. The number of hydrogen-bond donors (Lipinski definition) is 1. The highest BCUT2D eigenvalue weighted by atomic mass is 16.5. The topological polar surface area (TPSA) is 146 Å². The van der Waals surface area contributed by atoms with Gasteiger partial charge in [-0.3, -0.25) is 4.79 Å². The molecule has 1 aliphatic heterocycles. The van der Waals surface area contributed by atoms with Gasteiger partial charge in [0.05, 0.1) is 66.3 Å². The van der Waals surface area contributed by atoms with Crippen LogP contribution in [0.25, 0.3) is 11.1 Å². The summed E-state index contributed by atoms with van der Waals surface area (Å²) in [6.07, 6.45) is 2.04. The van der Waals surface area contributed by atoms with E-state index in [1.54, 1.807) is 57.7 Å². The second-order valence-corrected chi connectivity index (χ2v) is 9.21. The van der Waals surface area contributed by atoms with Gasteiger partial charge >= 0.3 is 5.97 Å². The van der Waals surface area contributed by atoms with Crippen LogP contribution in [0.15, 0.2) is 36.4 Å². The van der Waals surface area contributed by atoms with E-state index in [2.05, 4.69) is 15.5 Å². The van der Waals surface area contributed by atoms with E-state index < -0.39 is 18.2 Å². The highest BCUT2D eigenvalue weighted by molar-refractivity contribution is 6.06. The minimum Gasteiger partial charge on any atom is -0.496 e. The van der Waals surface area contributed by atoms with Crippen LogP contribution in [-0.2, 0) is 16.6 Å². The number of aromatic nitrogens is 4. The molecule has 0 saturated carbocycles. The number of cyclic esters (lactones) is 1. The summed E-state index contributed by atoms with van der Waals surface area (Å²) < 4.78 is 41.4. The first-order valence-corrected chi connectivity index (χ1v) is 12.9. The molecule has 42 heavy (non-hydrogen) atoms. The minimum absolute atomic E-state index is 0.0635. The molecule has 4 rings (SSSR count). The van der Waals surface area contributed by atoms with Crippen molar-refractivity contribution < 1.29 is 43.1 Å². The van der Waals surface area contributed by atoms with Crippen LogP contribution in [0.4, 0.5) is 0 Å². The predicted octanol–water partition coefficient (Wildman–Crippen LogP) is 2.84. The van der Waals surface area contributed by atoms with Gasteiger partial charge in [-0.25, -0.2) is 4.68 Å². The van der Waals surface area contributed by atoms with Crippen LogP contribution < -0.4 is 28.4 Å². The number of hydrogen-bond acceptors (Lipinski definition) is 12. The van der Waals surface area contributed by atoms with Crippen LogP contribution in [-0.4, -0.2) is 86.1 Å². The van der Waals surface area contributed by atoms with Gasteiger partial charge in [-0.15, -0.1) is 5.10 Å². The van der Waals surface area contributed by atoms with Crippen molar-refractivity contribution in [1.29, 1.82) is 0 Å². The number of benzene rings is 2. The largest absolute Gasteiger partial charge is 0.496 e. The van der Waals surface area contributed by atoms with Crippen molar-refractivity contribution in [2.75, 3.05) is 42.7 Å². The van der Waals surface area contributed by atoms with Crippen molar-refractivity contribution >= 4 is 17.1 Å². The summed E-state index contributed by atoms with van der Waals surface area (Å²) in [7, 11) is 10.9. The lowest BCUT2D eigenvalue weighted by molar-refractivity contribution is -0.156. The molecule has 0 amide bonds. The number of rotatable bonds is 11. The quantitative estimate of drug-likeness (QED) is 0.262. The zero-order valence-electron chi connectivity index (χ0n) is 24.5. The Bertz CT molecular complexity index is 1380. The number of allylic oxidation sites excluding steroid dienone is 2. The molecule has 13 heteroatoms. The molecule has 0 unspecified atom stereocenters. The summed E-state index contributed by atoms with van der Waals surface area (Å²) in [4.78, 5) is 12.1. The number of aliphatic hydroxyl groups excluding tert-OH is 1. The van der Waals surface area contributed by atoms with Gasteiger partial charge in [0.15, 0.2) is 5.82 Å². The molecule has 1 aromatic heterocycles. The molecule has 2 atom stereocenters. The molecule has 0 aliphatic carbocycles. The summed E-state index contributed by atoms with van der Waals surface area (Å²) in [6, 6.07) is 6.87. The van der Waals surface area contributed by atoms with Crippen LogP contribution in [0, 0.1) is 0 Å². The first-order valence-electron chi connectivity index (χ1n) is 12.9. The van der Waals surface area contributed by atoms with E-state index in [0.29, 0.717) is 62.6 Å². The average molecular weight is 583 g/mol. The third-order valence-corrected chi connectivity index (χ3v) is 6.73. The lowest BCUT2D eigenvalue weighted by Gasteiger charge is -2.25. The van der Waals surface area contributed by atoms with Crippen LogP contribution >= 0.6 is 0 Å². The van der Waals surface area contributed by atoms with Crippen molar-refractivity contribution in [3.05, 3.63) is 53.4 Å². The van der Waals surface area contributed by atoms with Gasteiger partial charge in [-0.1, -0.05) is 6.08 Å². The molecule has 0 radical (unpaired) electrons. The van der Waals surface area contributed by atoms with Gasteiger partial charge in [0, 0.05) is 48.9 Å². The molecule has 1 saturated heterocycles. The Kier molecular flexibility index (Phi) is 9.53. The Labute approximate surface area is 243 Å². The van der Waals surface area contributed by atoms with Gasteiger partial charge < -0.3 is 38.3 Å². The fraction of sp³-hybridized carbons (Fsp3) is 0.379. The normalized spacial score (nSPS) is 16.5. The number of esters is 1. The molecular weight excluding hydrogens is 548 g/mol. The predicted molar refractivity (Wildman–Crippen MR) is 151 cm³/mol. The zero-order valence-corrected chi connectivity index (χ0v) is 24.5. The monoisotopic (exact) mass is 582 g/mol. The maximum absolute atomic E-state index is 12.1. The summed E-state index contributed by atoms with van der Waals surface area (Å²) in [5.41, 5.74) is 1.98. The molecule has 3 aromatic rings. The molecule has 0 bridgehead atoms. The van der Waals surface area contributed by atoms with Crippen molar-refractivity contribution in [2.24, 2.45) is 7.05 Å². The fourth-order valence-corrected chi connectivity index (χ4v) is 4.76. The summed E-state index contributed by atoms with van der Waals surface area (Å²) >= 11 is 0. The molecule has 224 valence electrons. The first-order chi connectivity index (χ1) is 20.3. The third-order valence-electron chi connectivity index (χ3n) is 6.73. The summed E-state index contributed by atoms with van der Waals surface area (Å²) in [5, 5.41) is 22.4. The Hall–Kier alpha value is -4.78. The average Bonchev–Trinajstić information content (AvgIpc) is 3.42. The van der Waals surface area contributed by atoms with E-state index in [1.807, 2.05) is 0 Å². The van der Waals surface area contributed by atoms with E-state index in [9.17, 15) is 9.90 Å². The number of nitrogens with zero attached hydrogens (tertiary/aromatic N) is 4. The molecular formula is C29H34N4O9. The highest BCUT2D eigenvalue weighted by Gasteiger charge is 2.30. The minimum atomic E-state index is -0.826. The number of methoxy groups -OCH3 is 6. The Balaban J connectivity index is 2.18. The molecule has 2 heterocycles. The van der Waals surface area contributed by atoms with Gasteiger partial charge in [0.1, 0.15) is 40.6 Å². The number of carbonyl (C=O) groups is 1. The third kappa shape index (κ3) is 6.10. The molecule has 2 aromatic carbocycles. The van der Waals surface area contributed by atoms with E-state index >= 15 is 0 Å². The number of tetrazole rings is 1. The molecule has 1 fully saturated rings. The molecule has 1 N–H and O–H groups in total. The number of ether oxygens (including phenoxy) is 7. The van der Waals surface area contributed by atoms with Crippen molar-refractivity contribution in [2.45, 2.75) is 25.0 Å². The SMILES string of the molecule is COc1cc(OC)c(C(=C(C=C[C@@H]2C[C@@H](O)CC(=O)O2)c2nnnn2C)c2c(OC)cc(OC)cc2OC)c(OC)c1. The number of aryl methyl sites for hydroxylation is 1. The van der Waals surface area contributed by atoms with Gasteiger partial charge in [0.2, 0.25) is 0 Å². The molecule has 0 spiro atoms. The van der Waals surface area contributed by atoms with Gasteiger partial charge in [-0.2, -0.15) is 0 Å². The van der Waals surface area contributed by atoms with E-state index in [4.69, 9.17) is 33.2 Å². The zero-order chi connectivity index (χ0) is 30.4. The van der Waals surface area contributed by atoms with Crippen LogP contribution in [0.3, 0.4) is 0 Å². The Morgan fingerprint density at radius 1 is 0.881 bits per heavy atom. The second kappa shape index (κ2) is 13.3. The van der Waals surface area contributed by atoms with Crippen LogP contribution in [0.5, 0.6) is 34.5 Å². The lowest BCUT2D eigenvalue weighted by atomic mass is 9.88. The maximum atomic E-state index is 12.1. The van der Waals surface area contributed by atoms with Crippen molar-refractivity contribution in [3.8, 4) is 34.5 Å². The van der Waals surface area contributed by atoms with E-state index in [-0.39, 0.29) is 12.8 Å².